The topological polar surface area (TPSA) is 67.5 Å². The van der Waals surface area contributed by atoms with Crippen molar-refractivity contribution in [2.45, 2.75) is 12.6 Å². The lowest BCUT2D eigenvalue weighted by Gasteiger charge is -2.14. The molecule has 148 valence electrons. The fourth-order valence-corrected chi connectivity index (χ4v) is 3.08. The van der Waals surface area contributed by atoms with Crippen LogP contribution in [0.1, 0.15) is 5.56 Å². The summed E-state index contributed by atoms with van der Waals surface area (Å²) in [5.74, 6) is 0.245. The van der Waals surface area contributed by atoms with Gasteiger partial charge in [0.25, 0.3) is 0 Å². The first-order chi connectivity index (χ1) is 14.2. The molecule has 0 aliphatic carbocycles. The lowest BCUT2D eigenvalue weighted by molar-refractivity contribution is 0.106. The molecule has 1 heterocycles. The second kappa shape index (κ2) is 8.86. The second-order valence-electron chi connectivity index (χ2n) is 6.78. The van der Waals surface area contributed by atoms with Gasteiger partial charge >= 0.3 is 0 Å². The smallest absolute Gasteiger partial charge is 0.170 e. The third-order valence-electron chi connectivity index (χ3n) is 4.54. The minimum absolute atomic E-state index is 0.163. The van der Waals surface area contributed by atoms with Gasteiger partial charge in [0.2, 0.25) is 0 Å². The maximum Gasteiger partial charge on any atom is 0.170 e. The third kappa shape index (κ3) is 4.80. The molecular weight excluding hydrogens is 371 g/mol. The Morgan fingerprint density at radius 3 is 2.76 bits per heavy atom. The molecule has 0 radical (unpaired) electrons. The van der Waals surface area contributed by atoms with Crippen LogP contribution in [0.5, 0.6) is 5.75 Å². The number of aromatic nitrogens is 1. The molecule has 0 unspecified atom stereocenters. The van der Waals surface area contributed by atoms with Crippen LogP contribution in [0.3, 0.4) is 0 Å². The van der Waals surface area contributed by atoms with Gasteiger partial charge in [-0.25, -0.2) is 4.39 Å². The van der Waals surface area contributed by atoms with Crippen molar-refractivity contribution in [3.8, 4) is 17.0 Å². The van der Waals surface area contributed by atoms with Crippen molar-refractivity contribution >= 4 is 11.0 Å². The number of rotatable bonds is 8. The number of nitrogens with zero attached hydrogens (tertiary/aromatic N) is 1. The van der Waals surface area contributed by atoms with E-state index in [1.165, 1.54) is 12.1 Å². The zero-order valence-corrected chi connectivity index (χ0v) is 15.7. The first-order valence-corrected chi connectivity index (χ1v) is 9.40. The summed E-state index contributed by atoms with van der Waals surface area (Å²) in [7, 11) is 0. The molecule has 29 heavy (non-hydrogen) atoms. The van der Waals surface area contributed by atoms with Crippen molar-refractivity contribution in [2.75, 3.05) is 13.2 Å². The maximum atomic E-state index is 13.3. The molecule has 4 rings (SSSR count). The summed E-state index contributed by atoms with van der Waals surface area (Å²) in [6.07, 6.45) is -0.641. The molecule has 1 aromatic heterocycles. The lowest BCUT2D eigenvalue weighted by Crippen LogP contribution is -2.31. The normalized spacial score (nSPS) is 12.2. The van der Waals surface area contributed by atoms with Crippen LogP contribution in [0.25, 0.3) is 22.2 Å². The summed E-state index contributed by atoms with van der Waals surface area (Å²) in [6, 6.07) is 21.7. The molecule has 0 aliphatic heterocycles. The SMILES string of the molecule is O[C@H](CNCc1ccccc1)COc1cccc(-c2noc3cc(F)ccc23)c1. The molecule has 0 fully saturated rings. The number of benzene rings is 3. The van der Waals surface area contributed by atoms with Crippen molar-refractivity contribution in [2.24, 2.45) is 0 Å². The Bertz CT molecular complexity index is 1080. The summed E-state index contributed by atoms with van der Waals surface area (Å²) in [5.41, 5.74) is 2.97. The van der Waals surface area contributed by atoms with Crippen LogP contribution in [0, 0.1) is 5.82 Å². The van der Waals surface area contributed by atoms with E-state index in [1.807, 2.05) is 54.6 Å². The maximum absolute atomic E-state index is 13.3. The number of nitrogens with one attached hydrogen (secondary N) is 1. The summed E-state index contributed by atoms with van der Waals surface area (Å²) in [4.78, 5) is 0. The zero-order chi connectivity index (χ0) is 20.1. The van der Waals surface area contributed by atoms with E-state index in [0.717, 1.165) is 16.5 Å². The zero-order valence-electron chi connectivity index (χ0n) is 15.7. The first kappa shape index (κ1) is 19.1. The van der Waals surface area contributed by atoms with E-state index in [4.69, 9.17) is 9.26 Å². The van der Waals surface area contributed by atoms with Gasteiger partial charge in [-0.05, 0) is 29.8 Å². The molecule has 4 aromatic rings. The third-order valence-corrected chi connectivity index (χ3v) is 4.54. The molecule has 0 spiro atoms. The van der Waals surface area contributed by atoms with Crippen molar-refractivity contribution in [3.63, 3.8) is 0 Å². The quantitative estimate of drug-likeness (QED) is 0.471. The summed E-state index contributed by atoms with van der Waals surface area (Å²) in [6.45, 7) is 1.28. The van der Waals surface area contributed by atoms with Gasteiger partial charge in [0.1, 0.15) is 30.0 Å². The van der Waals surface area contributed by atoms with E-state index in [-0.39, 0.29) is 12.4 Å². The monoisotopic (exact) mass is 392 g/mol. The number of ether oxygens (including phenoxy) is 1. The number of fused-ring (bicyclic) bond motifs is 1. The average molecular weight is 392 g/mol. The van der Waals surface area contributed by atoms with Crippen molar-refractivity contribution in [3.05, 3.63) is 84.2 Å². The fourth-order valence-electron chi connectivity index (χ4n) is 3.08. The van der Waals surface area contributed by atoms with Crippen LogP contribution in [-0.4, -0.2) is 29.5 Å². The minimum Gasteiger partial charge on any atom is -0.491 e. The number of hydrogen-bond donors (Lipinski definition) is 2. The molecule has 2 N–H and O–H groups in total. The molecule has 3 aromatic carbocycles. The highest BCUT2D eigenvalue weighted by molar-refractivity contribution is 5.91. The van der Waals surface area contributed by atoms with Gasteiger partial charge in [-0.2, -0.15) is 0 Å². The number of halogens is 1. The van der Waals surface area contributed by atoms with Crippen LogP contribution in [0.4, 0.5) is 4.39 Å². The van der Waals surface area contributed by atoms with Gasteiger partial charge in [0.15, 0.2) is 5.58 Å². The van der Waals surface area contributed by atoms with Crippen molar-refractivity contribution < 1.29 is 18.8 Å². The first-order valence-electron chi connectivity index (χ1n) is 9.40. The Balaban J connectivity index is 1.35. The predicted molar refractivity (Wildman–Crippen MR) is 109 cm³/mol. The summed E-state index contributed by atoms with van der Waals surface area (Å²) >= 11 is 0. The number of aliphatic hydroxyl groups is 1. The van der Waals surface area contributed by atoms with E-state index in [1.54, 1.807) is 6.07 Å². The largest absolute Gasteiger partial charge is 0.491 e. The van der Waals surface area contributed by atoms with Gasteiger partial charge in [0.05, 0.1) is 0 Å². The Morgan fingerprint density at radius 2 is 1.90 bits per heavy atom. The van der Waals surface area contributed by atoms with Crippen molar-refractivity contribution in [1.29, 1.82) is 0 Å². The van der Waals surface area contributed by atoms with Crippen molar-refractivity contribution in [1.82, 2.24) is 10.5 Å². The Labute approximate surface area is 167 Å². The number of aliphatic hydroxyl groups excluding tert-OH is 1. The van der Waals surface area contributed by atoms with Crippen LogP contribution in [0.2, 0.25) is 0 Å². The van der Waals surface area contributed by atoms with Crippen LogP contribution in [-0.2, 0) is 6.54 Å². The van der Waals surface area contributed by atoms with Crippen LogP contribution in [0.15, 0.2) is 77.3 Å². The Morgan fingerprint density at radius 1 is 1.03 bits per heavy atom. The van der Waals surface area contributed by atoms with Crippen LogP contribution >= 0.6 is 0 Å². The summed E-state index contributed by atoms with van der Waals surface area (Å²) < 4.78 is 24.3. The average Bonchev–Trinajstić information content (AvgIpc) is 3.16. The Hall–Kier alpha value is -3.22. The minimum atomic E-state index is -0.641. The van der Waals surface area contributed by atoms with Gasteiger partial charge in [-0.1, -0.05) is 47.6 Å². The van der Waals surface area contributed by atoms with E-state index < -0.39 is 6.10 Å². The molecule has 0 saturated heterocycles. The molecule has 6 heteroatoms. The number of hydrogen-bond acceptors (Lipinski definition) is 5. The highest BCUT2D eigenvalue weighted by atomic mass is 19.1. The van der Waals surface area contributed by atoms with Gasteiger partial charge in [-0.15, -0.1) is 0 Å². The van der Waals surface area contributed by atoms with E-state index >= 15 is 0 Å². The molecule has 5 nitrogen and oxygen atoms in total. The summed E-state index contributed by atoms with van der Waals surface area (Å²) in [5, 5.41) is 18.2. The molecule has 0 amide bonds. The van der Waals surface area contributed by atoms with Crippen LogP contribution < -0.4 is 10.1 Å². The van der Waals surface area contributed by atoms with E-state index in [2.05, 4.69) is 10.5 Å². The van der Waals surface area contributed by atoms with E-state index in [0.29, 0.717) is 30.1 Å². The second-order valence-corrected chi connectivity index (χ2v) is 6.78. The Kier molecular flexibility index (Phi) is 5.84. The molecule has 0 bridgehead atoms. The highest BCUT2D eigenvalue weighted by Gasteiger charge is 2.12. The molecule has 0 aliphatic rings. The van der Waals surface area contributed by atoms with Gasteiger partial charge < -0.3 is 19.7 Å². The highest BCUT2D eigenvalue weighted by Crippen LogP contribution is 2.30. The molecule has 0 saturated carbocycles. The lowest BCUT2D eigenvalue weighted by atomic mass is 10.1. The van der Waals surface area contributed by atoms with Gasteiger partial charge in [-0.3, -0.25) is 0 Å². The van der Waals surface area contributed by atoms with E-state index in [9.17, 15) is 9.50 Å². The fraction of sp³-hybridized carbons (Fsp3) is 0.174. The predicted octanol–water partition coefficient (Wildman–Crippen LogP) is 4.16. The standard InChI is InChI=1S/C23H21FN2O3/c24-18-9-10-21-22(12-18)29-26-23(21)17-7-4-8-20(11-17)28-15-19(27)14-25-13-16-5-2-1-3-6-16/h1-12,19,25,27H,13-15H2/t19-/m1/s1. The van der Waals surface area contributed by atoms with Gasteiger partial charge in [0, 0.05) is 30.1 Å². The molecule has 1 atom stereocenters. The molecular formula is C23H21FN2O3.